The molecular formula is C19H21F2N7O2. The summed E-state index contributed by atoms with van der Waals surface area (Å²) in [5.74, 6) is -0.488. The number of amides is 1. The summed E-state index contributed by atoms with van der Waals surface area (Å²) < 4.78 is 30.2. The van der Waals surface area contributed by atoms with Crippen molar-refractivity contribution in [1.82, 2.24) is 24.8 Å². The zero-order valence-electron chi connectivity index (χ0n) is 16.0. The molecule has 0 saturated carbocycles. The standard InChI is InChI=1S/C19H21F2N7O2/c20-10-6-12-13-7-11(21)9-27(13)14-2-5-28-17(24-14)15(16(22)25-28)18(29)23-3-1-4-26(8-10)19(12)30/h2,5-6,8,11,13,19,30H,1,3-4,7,9H2,(H2,22,25)(H,23,29)/t11-,13+,19?/m0/s1. The smallest absolute Gasteiger partial charge is 0.258 e. The Morgan fingerprint density at radius 1 is 1.37 bits per heavy atom. The van der Waals surface area contributed by atoms with Gasteiger partial charge in [0.05, 0.1) is 12.6 Å². The van der Waals surface area contributed by atoms with Crippen molar-refractivity contribution < 1.29 is 18.7 Å². The third-order valence-electron chi connectivity index (χ3n) is 5.74. The highest BCUT2D eigenvalue weighted by atomic mass is 19.1. The van der Waals surface area contributed by atoms with Crippen molar-refractivity contribution in [3.63, 3.8) is 0 Å². The SMILES string of the molecule is Nc1nn2ccc3nc2c1C(=O)NCCCN1C=C(F)C=C(C1O)[C@H]1C[C@H](F)CN31. The molecule has 1 unspecified atom stereocenters. The zero-order chi connectivity index (χ0) is 21.0. The number of alkyl halides is 1. The average molecular weight is 417 g/mol. The van der Waals surface area contributed by atoms with E-state index in [0.29, 0.717) is 24.4 Å². The van der Waals surface area contributed by atoms with E-state index >= 15 is 0 Å². The predicted molar refractivity (Wildman–Crippen MR) is 105 cm³/mol. The maximum absolute atomic E-state index is 14.5. The highest BCUT2D eigenvalue weighted by Crippen LogP contribution is 2.35. The first-order chi connectivity index (χ1) is 14.4. The first-order valence-electron chi connectivity index (χ1n) is 9.79. The summed E-state index contributed by atoms with van der Waals surface area (Å²) in [6.45, 7) is 0.629. The van der Waals surface area contributed by atoms with E-state index in [4.69, 9.17) is 5.73 Å². The lowest BCUT2D eigenvalue weighted by molar-refractivity contribution is 0.0582. The normalized spacial score (nSPS) is 26.9. The van der Waals surface area contributed by atoms with Crippen LogP contribution in [-0.4, -0.2) is 68.6 Å². The molecule has 3 aliphatic heterocycles. The molecule has 3 aliphatic rings. The average Bonchev–Trinajstić information content (AvgIpc) is 3.25. The van der Waals surface area contributed by atoms with Gasteiger partial charge >= 0.3 is 0 Å². The Bertz CT molecular complexity index is 1080. The summed E-state index contributed by atoms with van der Waals surface area (Å²) >= 11 is 0. The third kappa shape index (κ3) is 2.96. The van der Waals surface area contributed by atoms with Gasteiger partial charge in [0.2, 0.25) is 0 Å². The van der Waals surface area contributed by atoms with Crippen molar-refractivity contribution in [3.8, 4) is 0 Å². The molecule has 0 spiro atoms. The Morgan fingerprint density at radius 3 is 3.03 bits per heavy atom. The molecule has 1 saturated heterocycles. The number of carbonyl (C=O) groups excluding carboxylic acids is 1. The molecule has 0 aromatic carbocycles. The van der Waals surface area contributed by atoms with Crippen molar-refractivity contribution in [2.45, 2.75) is 31.3 Å². The number of nitrogens with one attached hydrogen (secondary N) is 1. The van der Waals surface area contributed by atoms with E-state index in [1.165, 1.54) is 21.7 Å². The fraction of sp³-hybridized carbons (Fsp3) is 0.421. The van der Waals surface area contributed by atoms with Crippen LogP contribution in [0.25, 0.3) is 5.65 Å². The lowest BCUT2D eigenvalue weighted by Crippen LogP contribution is -2.44. The highest BCUT2D eigenvalue weighted by Gasteiger charge is 2.40. The van der Waals surface area contributed by atoms with Gasteiger partial charge in [0.1, 0.15) is 23.4 Å². The molecule has 11 heteroatoms. The van der Waals surface area contributed by atoms with E-state index in [1.807, 2.05) is 0 Å². The van der Waals surface area contributed by atoms with E-state index in [-0.39, 0.29) is 36.5 Å². The van der Waals surface area contributed by atoms with Gasteiger partial charge in [-0.1, -0.05) is 0 Å². The van der Waals surface area contributed by atoms with Crippen LogP contribution in [0.3, 0.4) is 0 Å². The molecule has 5 rings (SSSR count). The molecule has 0 aliphatic carbocycles. The van der Waals surface area contributed by atoms with E-state index in [9.17, 15) is 18.7 Å². The topological polar surface area (TPSA) is 112 Å². The monoisotopic (exact) mass is 417 g/mol. The largest absolute Gasteiger partial charge is 0.381 e. The summed E-state index contributed by atoms with van der Waals surface area (Å²) in [7, 11) is 0. The molecule has 1 fully saturated rings. The van der Waals surface area contributed by atoms with Crippen LogP contribution < -0.4 is 16.0 Å². The molecule has 3 atom stereocenters. The second-order valence-corrected chi connectivity index (χ2v) is 7.69. The zero-order valence-corrected chi connectivity index (χ0v) is 16.0. The van der Waals surface area contributed by atoms with E-state index in [1.54, 1.807) is 17.2 Å². The molecule has 1 amide bonds. The molecule has 30 heavy (non-hydrogen) atoms. The summed E-state index contributed by atoms with van der Waals surface area (Å²) in [6, 6.07) is 1.06. The third-order valence-corrected chi connectivity index (χ3v) is 5.74. The Hall–Kier alpha value is -3.21. The van der Waals surface area contributed by atoms with Gasteiger partial charge in [-0.3, -0.25) is 4.79 Å². The van der Waals surface area contributed by atoms with Crippen molar-refractivity contribution in [1.29, 1.82) is 0 Å². The maximum Gasteiger partial charge on any atom is 0.258 e. The molecule has 2 aromatic rings. The lowest BCUT2D eigenvalue weighted by Gasteiger charge is -2.36. The molecule has 4 bridgehead atoms. The number of aromatic nitrogens is 3. The van der Waals surface area contributed by atoms with Crippen LogP contribution in [0.1, 0.15) is 23.2 Å². The number of carbonyl (C=O) groups is 1. The van der Waals surface area contributed by atoms with Gasteiger partial charge in [-0.25, -0.2) is 18.3 Å². The van der Waals surface area contributed by atoms with Gasteiger partial charge in [0, 0.05) is 37.5 Å². The molecule has 4 N–H and O–H groups in total. The van der Waals surface area contributed by atoms with E-state index < -0.39 is 30.2 Å². The van der Waals surface area contributed by atoms with Crippen LogP contribution in [0.15, 0.2) is 35.9 Å². The van der Waals surface area contributed by atoms with Crippen molar-refractivity contribution >= 4 is 23.2 Å². The molecule has 5 heterocycles. The van der Waals surface area contributed by atoms with Crippen LogP contribution in [0.5, 0.6) is 0 Å². The van der Waals surface area contributed by atoms with Crippen LogP contribution in [0.4, 0.5) is 20.4 Å². The number of nitrogens with zero attached hydrogens (tertiary/aromatic N) is 5. The van der Waals surface area contributed by atoms with Gasteiger partial charge in [-0.05, 0) is 18.6 Å². The van der Waals surface area contributed by atoms with E-state index in [0.717, 1.165) is 0 Å². The first-order valence-corrected chi connectivity index (χ1v) is 9.79. The molecule has 158 valence electrons. The number of hydrogen-bond donors (Lipinski definition) is 3. The number of halogens is 2. The van der Waals surface area contributed by atoms with Crippen molar-refractivity contribution in [2.75, 3.05) is 30.3 Å². The summed E-state index contributed by atoms with van der Waals surface area (Å²) in [6.07, 6.45) is 2.39. The molecule has 0 radical (unpaired) electrons. The van der Waals surface area contributed by atoms with Crippen molar-refractivity contribution in [2.24, 2.45) is 0 Å². The number of anilines is 2. The quantitative estimate of drug-likeness (QED) is 0.579. The number of aliphatic hydroxyl groups excluding tert-OH is 1. The second-order valence-electron chi connectivity index (χ2n) is 7.69. The van der Waals surface area contributed by atoms with Crippen LogP contribution >= 0.6 is 0 Å². The number of allylic oxidation sites excluding steroid dienone is 2. The van der Waals surface area contributed by atoms with Crippen molar-refractivity contribution in [3.05, 3.63) is 41.5 Å². The van der Waals surface area contributed by atoms with Gasteiger partial charge in [0.25, 0.3) is 5.91 Å². The molecule has 2 aromatic heterocycles. The number of hydrogen-bond acceptors (Lipinski definition) is 7. The fourth-order valence-corrected chi connectivity index (χ4v) is 4.37. The number of nitrogens with two attached hydrogens (primary N) is 1. The number of nitrogen functional groups attached to an aromatic ring is 1. The lowest BCUT2D eigenvalue weighted by atomic mass is 9.99. The summed E-state index contributed by atoms with van der Waals surface area (Å²) in [4.78, 5) is 20.4. The molecular weight excluding hydrogens is 396 g/mol. The Kier molecular flexibility index (Phi) is 4.35. The Labute approximate surface area is 170 Å². The number of rotatable bonds is 0. The maximum atomic E-state index is 14.5. The van der Waals surface area contributed by atoms with E-state index in [2.05, 4.69) is 15.4 Å². The summed E-state index contributed by atoms with van der Waals surface area (Å²) in [5.41, 5.74) is 6.75. The highest BCUT2D eigenvalue weighted by molar-refractivity contribution is 6.04. The Balaban J connectivity index is 1.66. The van der Waals surface area contributed by atoms with Crippen LogP contribution in [0, 0.1) is 0 Å². The predicted octanol–water partition coefficient (Wildman–Crippen LogP) is 0.733. The van der Waals surface area contributed by atoms with Crippen LogP contribution in [-0.2, 0) is 0 Å². The number of fused-ring (bicyclic) bond motifs is 6. The fourth-order valence-electron chi connectivity index (χ4n) is 4.37. The number of aliphatic hydroxyl groups is 1. The minimum atomic E-state index is -1.17. The minimum absolute atomic E-state index is 0.0361. The first kappa shape index (κ1) is 18.8. The van der Waals surface area contributed by atoms with Gasteiger partial charge in [0.15, 0.2) is 17.7 Å². The Morgan fingerprint density at radius 2 is 2.20 bits per heavy atom. The van der Waals surface area contributed by atoms with Gasteiger partial charge in [-0.15, -0.1) is 5.10 Å². The summed E-state index contributed by atoms with van der Waals surface area (Å²) in [5, 5.41) is 17.8. The minimum Gasteiger partial charge on any atom is -0.381 e. The van der Waals surface area contributed by atoms with Crippen LogP contribution in [0.2, 0.25) is 0 Å². The van der Waals surface area contributed by atoms with Gasteiger partial charge < -0.3 is 26.0 Å². The second kappa shape index (κ2) is 6.94. The van der Waals surface area contributed by atoms with Gasteiger partial charge in [-0.2, -0.15) is 0 Å². The molecule has 9 nitrogen and oxygen atoms in total.